The van der Waals surface area contributed by atoms with Crippen molar-refractivity contribution in [2.45, 2.75) is 56.8 Å². The van der Waals surface area contributed by atoms with Crippen molar-refractivity contribution in [2.24, 2.45) is 23.7 Å². The van der Waals surface area contributed by atoms with E-state index >= 15 is 0 Å². The van der Waals surface area contributed by atoms with Crippen LogP contribution in [-0.4, -0.2) is 30.2 Å². The molecule has 0 aromatic rings. The van der Waals surface area contributed by atoms with Crippen LogP contribution >= 0.6 is 0 Å². The minimum Gasteiger partial charge on any atom is -0.396 e. The molecular weight excluding hydrogens is 268 g/mol. The van der Waals surface area contributed by atoms with Gasteiger partial charge in [-0.05, 0) is 62.4 Å². The van der Waals surface area contributed by atoms with Gasteiger partial charge < -0.3 is 9.84 Å². The summed E-state index contributed by atoms with van der Waals surface area (Å²) in [4.78, 5) is 11.6. The third-order valence-corrected chi connectivity index (χ3v) is 6.14. The van der Waals surface area contributed by atoms with Gasteiger partial charge in [0.2, 0.25) is 5.79 Å². The number of aliphatic hydroxyl groups is 1. The summed E-state index contributed by atoms with van der Waals surface area (Å²) in [6, 6.07) is 0. The van der Waals surface area contributed by atoms with Crippen LogP contribution in [0.5, 0.6) is 0 Å². The zero-order chi connectivity index (χ0) is 14.4. The highest BCUT2D eigenvalue weighted by Gasteiger charge is 2.61. The van der Waals surface area contributed by atoms with E-state index in [0.717, 1.165) is 30.3 Å². The second kappa shape index (κ2) is 5.34. The largest absolute Gasteiger partial charge is 0.396 e. The van der Waals surface area contributed by atoms with Crippen molar-refractivity contribution in [1.29, 1.82) is 0 Å². The lowest BCUT2D eigenvalue weighted by Gasteiger charge is -2.60. The smallest absolute Gasteiger partial charge is 0.207 e. The maximum atomic E-state index is 8.91. The van der Waals surface area contributed by atoms with Gasteiger partial charge in [-0.2, -0.15) is 4.89 Å². The van der Waals surface area contributed by atoms with E-state index in [0.29, 0.717) is 18.4 Å². The molecule has 1 N–H and O–H groups in total. The molecule has 4 nitrogen and oxygen atoms in total. The molecule has 0 aromatic carbocycles. The van der Waals surface area contributed by atoms with Crippen LogP contribution in [0.4, 0.5) is 0 Å². The van der Waals surface area contributed by atoms with Crippen molar-refractivity contribution in [3.63, 3.8) is 0 Å². The van der Waals surface area contributed by atoms with Crippen LogP contribution in [-0.2, 0) is 14.5 Å². The molecule has 21 heavy (non-hydrogen) atoms. The lowest BCUT2D eigenvalue weighted by atomic mass is 9.53. The van der Waals surface area contributed by atoms with Gasteiger partial charge in [0.25, 0.3) is 0 Å². The Labute approximate surface area is 126 Å². The molecule has 1 unspecified atom stereocenters. The van der Waals surface area contributed by atoms with Gasteiger partial charge in [0, 0.05) is 18.4 Å². The van der Waals surface area contributed by atoms with Crippen molar-refractivity contribution < 1.29 is 19.6 Å². The first-order valence-electron chi connectivity index (χ1n) is 8.48. The molecule has 4 saturated carbocycles. The van der Waals surface area contributed by atoms with Crippen LogP contribution in [0.1, 0.15) is 44.9 Å². The fraction of sp³-hybridized carbons (Fsp3) is 0.882. The summed E-state index contributed by atoms with van der Waals surface area (Å²) in [5, 5.41) is 8.91. The number of hydrogen-bond acceptors (Lipinski definition) is 4. The molecule has 1 spiro atoms. The third kappa shape index (κ3) is 2.27. The average Bonchev–Trinajstić information content (AvgIpc) is 2.50. The van der Waals surface area contributed by atoms with E-state index in [-0.39, 0.29) is 12.7 Å². The molecule has 4 heteroatoms. The average molecular weight is 294 g/mol. The first-order valence-corrected chi connectivity index (χ1v) is 8.48. The van der Waals surface area contributed by atoms with Gasteiger partial charge in [-0.1, -0.05) is 6.58 Å². The Morgan fingerprint density at radius 2 is 1.76 bits per heavy atom. The topological polar surface area (TPSA) is 47.9 Å². The molecule has 1 saturated heterocycles. The lowest BCUT2D eigenvalue weighted by molar-refractivity contribution is -0.520. The van der Waals surface area contributed by atoms with E-state index in [1.54, 1.807) is 0 Å². The molecule has 1 heterocycles. The van der Waals surface area contributed by atoms with Crippen LogP contribution in [0, 0.1) is 23.7 Å². The zero-order valence-electron chi connectivity index (χ0n) is 12.6. The maximum absolute atomic E-state index is 8.91. The quantitative estimate of drug-likeness (QED) is 0.640. The van der Waals surface area contributed by atoms with Crippen LogP contribution < -0.4 is 0 Å². The van der Waals surface area contributed by atoms with Gasteiger partial charge in [-0.25, -0.2) is 4.89 Å². The van der Waals surface area contributed by atoms with E-state index in [2.05, 4.69) is 6.58 Å². The molecule has 5 fully saturated rings. The Balaban J connectivity index is 1.41. The van der Waals surface area contributed by atoms with E-state index in [9.17, 15) is 0 Å². The van der Waals surface area contributed by atoms with Crippen molar-refractivity contribution in [3.05, 3.63) is 12.2 Å². The van der Waals surface area contributed by atoms with Gasteiger partial charge in [-0.3, -0.25) is 0 Å². The normalized spacial score (nSPS) is 48.0. The highest BCUT2D eigenvalue weighted by atomic mass is 17.2. The van der Waals surface area contributed by atoms with Gasteiger partial charge in [0.05, 0.1) is 6.61 Å². The first kappa shape index (κ1) is 14.2. The van der Waals surface area contributed by atoms with E-state index in [1.807, 2.05) is 0 Å². The molecule has 118 valence electrons. The fourth-order valence-electron chi connectivity index (χ4n) is 5.26. The fourth-order valence-corrected chi connectivity index (χ4v) is 5.26. The molecule has 1 aliphatic heterocycles. The summed E-state index contributed by atoms with van der Waals surface area (Å²) in [5.74, 6) is 2.34. The van der Waals surface area contributed by atoms with Crippen molar-refractivity contribution in [1.82, 2.24) is 0 Å². The molecule has 0 radical (unpaired) electrons. The molecule has 4 aliphatic carbocycles. The summed E-state index contributed by atoms with van der Waals surface area (Å²) >= 11 is 0. The highest BCUT2D eigenvalue weighted by molar-refractivity contribution is 5.07. The molecule has 1 atom stereocenters. The number of hydrogen-bond donors (Lipinski definition) is 1. The lowest BCUT2D eigenvalue weighted by Crippen LogP contribution is -2.63. The Morgan fingerprint density at radius 1 is 1.10 bits per heavy atom. The SMILES string of the molecule is C=C(CCCO)C1COC2(OO1)C1CC3CC(C1)CC2C3. The molecule has 5 rings (SSSR count). The second-order valence-corrected chi connectivity index (χ2v) is 7.49. The Hall–Kier alpha value is -0.420. The Kier molecular flexibility index (Phi) is 3.61. The van der Waals surface area contributed by atoms with Gasteiger partial charge >= 0.3 is 0 Å². The van der Waals surface area contributed by atoms with Gasteiger partial charge in [-0.15, -0.1) is 0 Å². The van der Waals surface area contributed by atoms with Crippen molar-refractivity contribution in [2.75, 3.05) is 13.2 Å². The second-order valence-electron chi connectivity index (χ2n) is 7.49. The standard InChI is InChI=1S/C17H26O4/c1-11(3-2-4-18)16-10-19-17(21-20-16)14-6-12-5-13(8-14)9-15(17)7-12/h12-16,18H,1-10H2. The summed E-state index contributed by atoms with van der Waals surface area (Å²) in [7, 11) is 0. The summed E-state index contributed by atoms with van der Waals surface area (Å²) in [6.45, 7) is 4.78. The van der Waals surface area contributed by atoms with E-state index in [4.69, 9.17) is 19.6 Å². The van der Waals surface area contributed by atoms with E-state index in [1.165, 1.54) is 32.1 Å². The van der Waals surface area contributed by atoms with Crippen LogP contribution in [0.15, 0.2) is 12.2 Å². The minimum absolute atomic E-state index is 0.181. The monoisotopic (exact) mass is 294 g/mol. The molecular formula is C17H26O4. The van der Waals surface area contributed by atoms with E-state index < -0.39 is 5.79 Å². The summed E-state index contributed by atoms with van der Waals surface area (Å²) in [6.07, 6.45) is 7.69. The number of rotatable bonds is 4. The van der Waals surface area contributed by atoms with Gasteiger partial charge in [0.1, 0.15) is 6.10 Å². The molecule has 0 amide bonds. The van der Waals surface area contributed by atoms with Crippen molar-refractivity contribution >= 4 is 0 Å². The Bertz CT molecular complexity index is 381. The zero-order valence-corrected chi connectivity index (χ0v) is 12.6. The Morgan fingerprint density at radius 3 is 2.29 bits per heavy atom. The minimum atomic E-state index is -0.471. The highest BCUT2D eigenvalue weighted by Crippen LogP contribution is 2.60. The molecule has 5 aliphatic rings. The van der Waals surface area contributed by atoms with Crippen molar-refractivity contribution in [3.8, 4) is 0 Å². The van der Waals surface area contributed by atoms with Crippen LogP contribution in [0.2, 0.25) is 0 Å². The van der Waals surface area contributed by atoms with Crippen LogP contribution in [0.3, 0.4) is 0 Å². The van der Waals surface area contributed by atoms with Crippen LogP contribution in [0.25, 0.3) is 0 Å². The predicted octanol–water partition coefficient (Wildman–Crippen LogP) is 2.81. The first-order chi connectivity index (χ1) is 10.2. The maximum Gasteiger partial charge on any atom is 0.207 e. The molecule has 0 aromatic heterocycles. The summed E-state index contributed by atoms with van der Waals surface area (Å²) in [5.41, 5.74) is 0.961. The molecule has 4 bridgehead atoms. The predicted molar refractivity (Wildman–Crippen MR) is 77.1 cm³/mol. The summed E-state index contributed by atoms with van der Waals surface area (Å²) < 4.78 is 6.29. The number of aliphatic hydroxyl groups excluding tert-OH is 1. The third-order valence-electron chi connectivity index (χ3n) is 6.14. The number of ether oxygens (including phenoxy) is 1. The van der Waals surface area contributed by atoms with Gasteiger partial charge in [0.15, 0.2) is 0 Å².